The molecule has 15 heavy (non-hydrogen) atoms. The van der Waals surface area contributed by atoms with Crippen LogP contribution in [0.3, 0.4) is 0 Å². The lowest BCUT2D eigenvalue weighted by Crippen LogP contribution is -2.13. The van der Waals surface area contributed by atoms with Gasteiger partial charge < -0.3 is 9.40 Å². The fraction of sp³-hybridized carbons (Fsp3) is 0.200. The number of aromatic amines is 1. The molecule has 1 unspecified atom stereocenters. The van der Waals surface area contributed by atoms with E-state index in [0.29, 0.717) is 5.76 Å². The van der Waals surface area contributed by atoms with Gasteiger partial charge in [0.25, 0.3) is 0 Å². The summed E-state index contributed by atoms with van der Waals surface area (Å²) in [5.41, 5.74) is 0.793. The predicted octanol–water partition coefficient (Wildman–Crippen LogP) is 2.02. The van der Waals surface area contributed by atoms with E-state index >= 15 is 0 Å². The molecule has 78 valence electrons. The Morgan fingerprint density at radius 1 is 1.47 bits per heavy atom. The molecule has 0 aromatic carbocycles. The van der Waals surface area contributed by atoms with E-state index in [-0.39, 0.29) is 17.4 Å². The van der Waals surface area contributed by atoms with Crippen LogP contribution in [-0.2, 0) is 0 Å². The SMILES string of the molecule is O=[N+]([O-])CC(c1ccc[nH]1)c1ccco1. The van der Waals surface area contributed by atoms with Crippen LogP contribution in [0.1, 0.15) is 17.4 Å². The van der Waals surface area contributed by atoms with E-state index in [0.717, 1.165) is 5.69 Å². The number of nitro groups is 1. The van der Waals surface area contributed by atoms with Crippen molar-refractivity contribution in [3.63, 3.8) is 0 Å². The van der Waals surface area contributed by atoms with Crippen LogP contribution in [0, 0.1) is 10.1 Å². The van der Waals surface area contributed by atoms with E-state index in [1.807, 2.05) is 12.1 Å². The Morgan fingerprint density at radius 3 is 2.87 bits per heavy atom. The molecule has 2 heterocycles. The zero-order valence-corrected chi connectivity index (χ0v) is 7.92. The highest BCUT2D eigenvalue weighted by molar-refractivity contribution is 5.21. The molecular weight excluding hydrogens is 196 g/mol. The van der Waals surface area contributed by atoms with Gasteiger partial charge in [-0.15, -0.1) is 0 Å². The van der Waals surface area contributed by atoms with Crippen molar-refractivity contribution >= 4 is 0 Å². The van der Waals surface area contributed by atoms with Crippen LogP contribution in [0.25, 0.3) is 0 Å². The van der Waals surface area contributed by atoms with Gasteiger partial charge >= 0.3 is 0 Å². The zero-order valence-electron chi connectivity index (χ0n) is 7.92. The van der Waals surface area contributed by atoms with E-state index in [4.69, 9.17) is 4.42 Å². The molecule has 0 saturated carbocycles. The minimum absolute atomic E-state index is 0.173. The molecule has 0 fully saturated rings. The van der Waals surface area contributed by atoms with Gasteiger partial charge in [-0.2, -0.15) is 0 Å². The molecule has 0 aliphatic rings. The van der Waals surface area contributed by atoms with Crippen LogP contribution in [-0.4, -0.2) is 16.5 Å². The van der Waals surface area contributed by atoms with E-state index < -0.39 is 0 Å². The maximum atomic E-state index is 10.6. The topological polar surface area (TPSA) is 72.1 Å². The van der Waals surface area contributed by atoms with Gasteiger partial charge in [0.1, 0.15) is 11.7 Å². The Kier molecular flexibility index (Phi) is 2.53. The molecule has 1 atom stereocenters. The van der Waals surface area contributed by atoms with Crippen molar-refractivity contribution in [2.45, 2.75) is 5.92 Å². The quantitative estimate of drug-likeness (QED) is 0.614. The summed E-state index contributed by atoms with van der Waals surface area (Å²) in [7, 11) is 0. The summed E-state index contributed by atoms with van der Waals surface area (Å²) in [4.78, 5) is 13.2. The molecule has 0 aliphatic heterocycles. The van der Waals surface area contributed by atoms with Crippen LogP contribution >= 0.6 is 0 Å². The van der Waals surface area contributed by atoms with Crippen LogP contribution in [0.5, 0.6) is 0 Å². The monoisotopic (exact) mass is 206 g/mol. The summed E-state index contributed by atoms with van der Waals surface area (Å²) in [6, 6.07) is 7.10. The summed E-state index contributed by atoms with van der Waals surface area (Å²) < 4.78 is 5.20. The molecule has 5 nitrogen and oxygen atoms in total. The van der Waals surface area contributed by atoms with Gasteiger partial charge in [-0.3, -0.25) is 10.1 Å². The smallest absolute Gasteiger partial charge is 0.219 e. The third-order valence-corrected chi connectivity index (χ3v) is 2.22. The second-order valence-corrected chi connectivity index (χ2v) is 3.21. The van der Waals surface area contributed by atoms with Crippen LogP contribution in [0.2, 0.25) is 0 Å². The van der Waals surface area contributed by atoms with Crippen molar-refractivity contribution in [2.24, 2.45) is 0 Å². The van der Waals surface area contributed by atoms with Crippen LogP contribution < -0.4 is 0 Å². The van der Waals surface area contributed by atoms with Crippen molar-refractivity contribution in [1.82, 2.24) is 4.98 Å². The van der Waals surface area contributed by atoms with Crippen molar-refractivity contribution in [2.75, 3.05) is 6.54 Å². The van der Waals surface area contributed by atoms with Gasteiger partial charge in [0.2, 0.25) is 6.54 Å². The standard InChI is InChI=1S/C10H10N2O3/c13-12(14)7-8(9-3-1-5-11-9)10-4-2-6-15-10/h1-6,8,11H,7H2. The molecule has 0 radical (unpaired) electrons. The first kappa shape index (κ1) is 9.51. The molecular formula is C10H10N2O3. The first-order valence-electron chi connectivity index (χ1n) is 4.56. The highest BCUT2D eigenvalue weighted by Gasteiger charge is 2.23. The van der Waals surface area contributed by atoms with Gasteiger partial charge in [0.05, 0.1) is 6.26 Å². The first-order valence-corrected chi connectivity index (χ1v) is 4.56. The van der Waals surface area contributed by atoms with Gasteiger partial charge in [0.15, 0.2) is 0 Å². The van der Waals surface area contributed by atoms with Crippen LogP contribution in [0.15, 0.2) is 41.1 Å². The van der Waals surface area contributed by atoms with Gasteiger partial charge in [-0.25, -0.2) is 0 Å². The molecule has 0 saturated heterocycles. The van der Waals surface area contributed by atoms with Gasteiger partial charge in [-0.1, -0.05) is 0 Å². The highest BCUT2D eigenvalue weighted by atomic mass is 16.6. The minimum Gasteiger partial charge on any atom is -0.468 e. The third kappa shape index (κ3) is 2.07. The molecule has 5 heteroatoms. The maximum Gasteiger partial charge on any atom is 0.219 e. The largest absolute Gasteiger partial charge is 0.468 e. The Hall–Kier alpha value is -2.04. The average molecular weight is 206 g/mol. The second kappa shape index (κ2) is 4.00. The Bertz CT molecular complexity index is 385. The number of hydrogen-bond donors (Lipinski definition) is 1. The minimum atomic E-state index is -0.343. The van der Waals surface area contributed by atoms with E-state index in [9.17, 15) is 10.1 Å². The van der Waals surface area contributed by atoms with E-state index in [1.165, 1.54) is 6.26 Å². The molecule has 2 aromatic rings. The van der Waals surface area contributed by atoms with Gasteiger partial charge in [0, 0.05) is 16.8 Å². The Morgan fingerprint density at radius 2 is 2.33 bits per heavy atom. The molecule has 0 bridgehead atoms. The van der Waals surface area contributed by atoms with Gasteiger partial charge in [-0.05, 0) is 24.3 Å². The fourth-order valence-corrected chi connectivity index (χ4v) is 1.54. The lowest BCUT2D eigenvalue weighted by molar-refractivity contribution is -0.482. The average Bonchev–Trinajstić information content (AvgIpc) is 2.87. The number of aromatic nitrogens is 1. The second-order valence-electron chi connectivity index (χ2n) is 3.21. The lowest BCUT2D eigenvalue weighted by Gasteiger charge is -2.07. The lowest BCUT2D eigenvalue weighted by atomic mass is 10.0. The van der Waals surface area contributed by atoms with Crippen molar-refractivity contribution in [1.29, 1.82) is 0 Å². The number of H-pyrrole nitrogens is 1. The summed E-state index contributed by atoms with van der Waals surface area (Å²) >= 11 is 0. The maximum absolute atomic E-state index is 10.6. The zero-order chi connectivity index (χ0) is 10.7. The molecule has 2 rings (SSSR count). The first-order chi connectivity index (χ1) is 7.27. The number of rotatable bonds is 4. The molecule has 1 N–H and O–H groups in total. The summed E-state index contributed by atoms with van der Waals surface area (Å²) in [6.45, 7) is -0.173. The van der Waals surface area contributed by atoms with Crippen LogP contribution in [0.4, 0.5) is 0 Å². The molecule has 0 amide bonds. The Labute approximate surface area is 85.9 Å². The molecule has 0 aliphatic carbocycles. The number of hydrogen-bond acceptors (Lipinski definition) is 3. The summed E-state index contributed by atoms with van der Waals surface area (Å²) in [5, 5.41) is 10.6. The summed E-state index contributed by atoms with van der Waals surface area (Å²) in [5.74, 6) is 0.263. The predicted molar refractivity (Wildman–Crippen MR) is 53.2 cm³/mol. The number of furan rings is 1. The number of nitrogens with zero attached hydrogens (tertiary/aromatic N) is 1. The highest BCUT2D eigenvalue weighted by Crippen LogP contribution is 2.23. The molecule has 2 aromatic heterocycles. The van der Waals surface area contributed by atoms with E-state index in [1.54, 1.807) is 18.3 Å². The van der Waals surface area contributed by atoms with Crippen molar-refractivity contribution in [3.8, 4) is 0 Å². The summed E-state index contributed by atoms with van der Waals surface area (Å²) in [6.07, 6.45) is 3.26. The third-order valence-electron chi connectivity index (χ3n) is 2.22. The molecule has 0 spiro atoms. The fourth-order valence-electron chi connectivity index (χ4n) is 1.54. The van der Waals surface area contributed by atoms with Crippen molar-refractivity contribution < 1.29 is 9.34 Å². The normalized spacial score (nSPS) is 12.5. The number of nitrogens with one attached hydrogen (secondary N) is 1. The Balaban J connectivity index is 2.29. The van der Waals surface area contributed by atoms with Crippen molar-refractivity contribution in [3.05, 3.63) is 58.3 Å². The van der Waals surface area contributed by atoms with E-state index in [2.05, 4.69) is 4.98 Å².